The summed E-state index contributed by atoms with van der Waals surface area (Å²) >= 11 is 1.13. The van der Waals surface area contributed by atoms with E-state index in [9.17, 15) is 13.2 Å². The van der Waals surface area contributed by atoms with E-state index in [1.54, 1.807) is 29.9 Å². The van der Waals surface area contributed by atoms with Crippen LogP contribution in [0.2, 0.25) is 0 Å². The lowest BCUT2D eigenvalue weighted by Crippen LogP contribution is -2.30. The number of pyridine rings is 1. The first-order valence-corrected chi connectivity index (χ1v) is 13.0. The molecule has 0 spiro atoms. The summed E-state index contributed by atoms with van der Waals surface area (Å²) in [5.41, 5.74) is 4.67. The summed E-state index contributed by atoms with van der Waals surface area (Å²) in [5, 5.41) is 4.57. The molecule has 174 valence electrons. The van der Waals surface area contributed by atoms with Gasteiger partial charge in [-0.2, -0.15) is 0 Å². The van der Waals surface area contributed by atoms with Gasteiger partial charge in [0, 0.05) is 36.9 Å². The predicted octanol–water partition coefficient (Wildman–Crippen LogP) is 5.18. The normalized spacial score (nSPS) is 11.3. The number of nitrogens with zero attached hydrogens (tertiary/aromatic N) is 2. The number of carbonyl (C=O) groups excluding carboxylic acids is 1. The number of aromatic nitrogens is 1. The first kappa shape index (κ1) is 23.7. The van der Waals surface area contributed by atoms with Crippen LogP contribution >= 0.6 is 11.3 Å². The van der Waals surface area contributed by atoms with E-state index >= 15 is 0 Å². The van der Waals surface area contributed by atoms with Crippen LogP contribution in [0.15, 0.2) is 83.3 Å². The molecule has 34 heavy (non-hydrogen) atoms. The summed E-state index contributed by atoms with van der Waals surface area (Å²) in [7, 11) is -2.53. The molecule has 4 rings (SSSR count). The van der Waals surface area contributed by atoms with E-state index < -0.39 is 15.9 Å². The molecule has 0 saturated carbocycles. The fraction of sp³-hybridized carbons (Fsp3) is 0.154. The number of rotatable bonds is 7. The SMILES string of the molecule is Cc1ccc(N(C)S(=O)(=O)c2c(-c3ccccc3)csc2C(=O)NCc2cccnc2)cc1C. The van der Waals surface area contributed by atoms with Crippen molar-refractivity contribution in [2.75, 3.05) is 11.4 Å². The van der Waals surface area contributed by atoms with Crippen molar-refractivity contribution in [3.8, 4) is 11.1 Å². The third-order valence-electron chi connectivity index (χ3n) is 5.68. The standard InChI is InChI=1S/C26H25N3O3S2/c1-18-11-12-22(14-19(18)2)29(3)34(31,32)25-23(21-9-5-4-6-10-21)17-33-24(25)26(30)28-16-20-8-7-13-27-15-20/h4-15,17H,16H2,1-3H3,(H,28,30). The molecule has 0 fully saturated rings. The highest BCUT2D eigenvalue weighted by molar-refractivity contribution is 7.93. The quantitative estimate of drug-likeness (QED) is 0.386. The molecular formula is C26H25N3O3S2. The van der Waals surface area contributed by atoms with Gasteiger partial charge in [0.1, 0.15) is 9.77 Å². The Bertz CT molecular complexity index is 1420. The Balaban J connectivity index is 1.77. The lowest BCUT2D eigenvalue weighted by Gasteiger charge is -2.22. The van der Waals surface area contributed by atoms with Gasteiger partial charge in [-0.05, 0) is 54.3 Å². The predicted molar refractivity (Wildman–Crippen MR) is 137 cm³/mol. The molecule has 0 aliphatic rings. The van der Waals surface area contributed by atoms with E-state index in [-0.39, 0.29) is 16.3 Å². The van der Waals surface area contributed by atoms with Gasteiger partial charge in [0.25, 0.3) is 15.9 Å². The molecule has 0 aliphatic heterocycles. The van der Waals surface area contributed by atoms with Crippen LogP contribution in [0.5, 0.6) is 0 Å². The summed E-state index contributed by atoms with van der Waals surface area (Å²) in [5.74, 6) is -0.442. The highest BCUT2D eigenvalue weighted by atomic mass is 32.2. The van der Waals surface area contributed by atoms with E-state index in [1.807, 2.05) is 62.4 Å². The van der Waals surface area contributed by atoms with Crippen LogP contribution in [0, 0.1) is 13.8 Å². The van der Waals surface area contributed by atoms with Crippen molar-refractivity contribution in [2.24, 2.45) is 0 Å². The van der Waals surface area contributed by atoms with E-state index in [1.165, 1.54) is 11.4 Å². The average Bonchev–Trinajstić information content (AvgIpc) is 3.31. The van der Waals surface area contributed by atoms with E-state index in [0.717, 1.165) is 33.6 Å². The van der Waals surface area contributed by atoms with Crippen LogP contribution in [0.3, 0.4) is 0 Å². The fourth-order valence-corrected chi connectivity index (χ4v) is 6.41. The topological polar surface area (TPSA) is 79.4 Å². The Morgan fingerprint density at radius 1 is 1.03 bits per heavy atom. The number of benzene rings is 2. The molecule has 0 atom stereocenters. The van der Waals surface area contributed by atoms with Gasteiger partial charge in [0.2, 0.25) is 0 Å². The molecule has 2 aromatic carbocycles. The maximum absolute atomic E-state index is 13.9. The van der Waals surface area contributed by atoms with Gasteiger partial charge in [-0.25, -0.2) is 8.42 Å². The second-order valence-corrected chi connectivity index (χ2v) is 10.7. The molecule has 2 heterocycles. The Labute approximate surface area is 204 Å². The zero-order chi connectivity index (χ0) is 24.3. The molecule has 0 saturated heterocycles. The zero-order valence-corrected chi connectivity index (χ0v) is 20.8. The van der Waals surface area contributed by atoms with Crippen LogP contribution in [0.1, 0.15) is 26.4 Å². The number of carbonyl (C=O) groups is 1. The van der Waals surface area contributed by atoms with Crippen molar-refractivity contribution in [1.29, 1.82) is 0 Å². The van der Waals surface area contributed by atoms with E-state index in [2.05, 4.69) is 10.3 Å². The van der Waals surface area contributed by atoms with Gasteiger partial charge in [-0.3, -0.25) is 14.1 Å². The van der Waals surface area contributed by atoms with Gasteiger partial charge in [-0.15, -0.1) is 11.3 Å². The highest BCUT2D eigenvalue weighted by Crippen LogP contribution is 2.38. The molecule has 6 nitrogen and oxygen atoms in total. The Hall–Kier alpha value is -3.49. The number of hydrogen-bond donors (Lipinski definition) is 1. The first-order chi connectivity index (χ1) is 16.3. The summed E-state index contributed by atoms with van der Waals surface area (Å²) in [6, 6.07) is 18.4. The zero-order valence-electron chi connectivity index (χ0n) is 19.1. The third kappa shape index (κ3) is 4.73. The lowest BCUT2D eigenvalue weighted by molar-refractivity contribution is 0.0952. The number of anilines is 1. The smallest absolute Gasteiger partial charge is 0.266 e. The van der Waals surface area contributed by atoms with Crippen molar-refractivity contribution >= 4 is 33.0 Å². The summed E-state index contributed by atoms with van der Waals surface area (Å²) in [4.78, 5) is 17.4. The fourth-order valence-electron chi connectivity index (χ4n) is 3.54. The summed E-state index contributed by atoms with van der Waals surface area (Å²) < 4.78 is 29.1. The van der Waals surface area contributed by atoms with Gasteiger partial charge in [0.15, 0.2) is 0 Å². The molecule has 0 bridgehead atoms. The lowest BCUT2D eigenvalue weighted by atomic mass is 10.1. The van der Waals surface area contributed by atoms with E-state index in [4.69, 9.17) is 0 Å². The Kier molecular flexibility index (Phi) is 6.81. The van der Waals surface area contributed by atoms with Gasteiger partial charge in [0.05, 0.1) is 5.69 Å². The molecular weight excluding hydrogens is 466 g/mol. The molecule has 1 amide bonds. The molecule has 0 unspecified atom stereocenters. The minimum Gasteiger partial charge on any atom is -0.347 e. The average molecular weight is 492 g/mol. The van der Waals surface area contributed by atoms with Crippen molar-refractivity contribution < 1.29 is 13.2 Å². The minimum absolute atomic E-state index is 0.00751. The minimum atomic E-state index is -4.05. The number of amides is 1. The van der Waals surface area contributed by atoms with Crippen molar-refractivity contribution in [2.45, 2.75) is 25.3 Å². The van der Waals surface area contributed by atoms with E-state index in [0.29, 0.717) is 11.3 Å². The molecule has 4 aromatic rings. The number of hydrogen-bond acceptors (Lipinski definition) is 5. The van der Waals surface area contributed by atoms with Crippen LogP contribution in [-0.2, 0) is 16.6 Å². The molecule has 0 aliphatic carbocycles. The second kappa shape index (κ2) is 9.79. The number of thiophene rings is 1. The molecule has 2 aromatic heterocycles. The molecule has 8 heteroatoms. The Morgan fingerprint density at radius 2 is 1.79 bits per heavy atom. The third-order valence-corrected chi connectivity index (χ3v) is 8.66. The maximum atomic E-state index is 13.9. The van der Waals surface area contributed by atoms with Crippen molar-refractivity contribution in [3.63, 3.8) is 0 Å². The Morgan fingerprint density at radius 3 is 2.47 bits per heavy atom. The van der Waals surface area contributed by atoms with Crippen molar-refractivity contribution in [3.05, 3.63) is 100 Å². The largest absolute Gasteiger partial charge is 0.347 e. The van der Waals surface area contributed by atoms with Gasteiger partial charge in [-0.1, -0.05) is 42.5 Å². The van der Waals surface area contributed by atoms with Gasteiger partial charge < -0.3 is 5.32 Å². The molecule has 1 N–H and O–H groups in total. The monoisotopic (exact) mass is 491 g/mol. The molecule has 0 radical (unpaired) electrons. The first-order valence-electron chi connectivity index (χ1n) is 10.7. The number of sulfonamides is 1. The summed E-state index contributed by atoms with van der Waals surface area (Å²) in [6.07, 6.45) is 3.32. The van der Waals surface area contributed by atoms with Crippen LogP contribution in [0.4, 0.5) is 5.69 Å². The maximum Gasteiger partial charge on any atom is 0.266 e. The highest BCUT2D eigenvalue weighted by Gasteiger charge is 2.32. The van der Waals surface area contributed by atoms with Crippen LogP contribution < -0.4 is 9.62 Å². The number of aryl methyl sites for hydroxylation is 2. The van der Waals surface area contributed by atoms with Crippen LogP contribution in [-0.4, -0.2) is 26.4 Å². The number of nitrogens with one attached hydrogen (secondary N) is 1. The summed E-state index contributed by atoms with van der Waals surface area (Å²) in [6.45, 7) is 4.17. The van der Waals surface area contributed by atoms with Crippen LogP contribution in [0.25, 0.3) is 11.1 Å². The van der Waals surface area contributed by atoms with Gasteiger partial charge >= 0.3 is 0 Å². The van der Waals surface area contributed by atoms with Crippen molar-refractivity contribution in [1.82, 2.24) is 10.3 Å². The second-order valence-electron chi connectivity index (χ2n) is 7.96.